The van der Waals surface area contributed by atoms with E-state index in [0.29, 0.717) is 29.9 Å². The van der Waals surface area contributed by atoms with Crippen molar-refractivity contribution in [1.29, 1.82) is 0 Å². The van der Waals surface area contributed by atoms with Gasteiger partial charge in [0.1, 0.15) is 5.92 Å². The molecule has 0 heterocycles. The smallest absolute Gasteiger partial charge is 0.257 e. The van der Waals surface area contributed by atoms with E-state index in [9.17, 15) is 18.0 Å². The van der Waals surface area contributed by atoms with Crippen molar-refractivity contribution in [2.45, 2.75) is 20.3 Å². The Hall–Kier alpha value is -2.84. The van der Waals surface area contributed by atoms with Gasteiger partial charge in [-0.2, -0.15) is 0 Å². The zero-order valence-corrected chi connectivity index (χ0v) is 19.2. The van der Waals surface area contributed by atoms with Crippen LogP contribution in [0.15, 0.2) is 60.0 Å². The van der Waals surface area contributed by atoms with Gasteiger partial charge >= 0.3 is 0 Å². The van der Waals surface area contributed by atoms with Gasteiger partial charge in [0.25, 0.3) is 10.0 Å². The zero-order valence-electron chi connectivity index (χ0n) is 17.5. The van der Waals surface area contributed by atoms with Crippen LogP contribution in [0.1, 0.15) is 25.0 Å². The lowest BCUT2D eigenvalue weighted by Crippen LogP contribution is -2.45. The highest BCUT2D eigenvalue weighted by atomic mass is 35.5. The molecule has 0 aliphatic heterocycles. The second-order valence-corrected chi connectivity index (χ2v) is 8.30. The van der Waals surface area contributed by atoms with E-state index in [0.717, 1.165) is 5.41 Å². The number of sulfonamides is 1. The van der Waals surface area contributed by atoms with E-state index >= 15 is 0 Å². The average Bonchev–Trinajstić information content (AvgIpc) is 2.72. The number of benzene rings is 2. The number of carbonyl (C=O) groups excluding carboxylic acids is 2. The number of hydrogen-bond donors (Lipinski definition) is 2. The Morgan fingerprint density at radius 3 is 2.29 bits per heavy atom. The molecule has 1 atom stereocenters. The van der Waals surface area contributed by atoms with Crippen LogP contribution < -0.4 is 10.5 Å². The predicted molar refractivity (Wildman–Crippen MR) is 126 cm³/mol. The van der Waals surface area contributed by atoms with Crippen molar-refractivity contribution in [2.75, 3.05) is 18.8 Å². The van der Waals surface area contributed by atoms with Gasteiger partial charge in [0, 0.05) is 18.8 Å². The van der Waals surface area contributed by atoms with Crippen LogP contribution in [-0.4, -0.2) is 38.2 Å². The van der Waals surface area contributed by atoms with Gasteiger partial charge in [-0.05, 0) is 49.6 Å². The normalized spacial score (nSPS) is 12.1. The molecule has 0 radical (unpaired) electrons. The molecule has 2 aromatic rings. The van der Waals surface area contributed by atoms with Crippen LogP contribution >= 0.6 is 12.4 Å². The third-order valence-corrected chi connectivity index (χ3v) is 5.54. The van der Waals surface area contributed by atoms with Crippen LogP contribution in [0.25, 0.3) is 6.08 Å². The molecule has 0 saturated carbocycles. The lowest BCUT2D eigenvalue weighted by Gasteiger charge is -2.24. The van der Waals surface area contributed by atoms with Crippen molar-refractivity contribution in [3.8, 4) is 0 Å². The van der Waals surface area contributed by atoms with Crippen LogP contribution in [0.2, 0.25) is 0 Å². The third kappa shape index (κ3) is 8.07. The number of nitrogens with one attached hydrogen (secondary N) is 1. The molecule has 2 amide bonds. The van der Waals surface area contributed by atoms with E-state index in [1.165, 1.54) is 11.0 Å². The molecule has 0 aliphatic carbocycles. The van der Waals surface area contributed by atoms with Gasteiger partial charge in [0.2, 0.25) is 11.8 Å². The Balaban J connectivity index is 0.00000480. The highest BCUT2D eigenvalue weighted by Crippen LogP contribution is 2.16. The second kappa shape index (κ2) is 12.1. The molecule has 0 saturated heterocycles. The van der Waals surface area contributed by atoms with E-state index in [4.69, 9.17) is 5.73 Å². The fraction of sp³-hybridized carbons (Fsp3) is 0.273. The molecule has 1 unspecified atom stereocenters. The zero-order chi connectivity index (χ0) is 22.1. The van der Waals surface area contributed by atoms with Gasteiger partial charge in [-0.1, -0.05) is 42.5 Å². The molecule has 31 heavy (non-hydrogen) atoms. The Kier molecular flexibility index (Phi) is 10.2. The summed E-state index contributed by atoms with van der Waals surface area (Å²) in [5.41, 5.74) is 7.64. The van der Waals surface area contributed by atoms with Gasteiger partial charge in [-0.15, -0.1) is 12.4 Å². The number of carbonyl (C=O) groups is 2. The van der Waals surface area contributed by atoms with Crippen molar-refractivity contribution in [3.63, 3.8) is 0 Å². The fourth-order valence-corrected chi connectivity index (χ4v) is 3.81. The lowest BCUT2D eigenvalue weighted by atomic mass is 9.97. The van der Waals surface area contributed by atoms with Gasteiger partial charge in [-0.3, -0.25) is 9.59 Å². The monoisotopic (exact) mass is 465 g/mol. The van der Waals surface area contributed by atoms with Crippen molar-refractivity contribution in [3.05, 3.63) is 71.1 Å². The van der Waals surface area contributed by atoms with Crippen molar-refractivity contribution >= 4 is 46.0 Å². The fourth-order valence-electron chi connectivity index (χ4n) is 2.98. The molecular formula is C22H28ClN3O4S. The number of halogens is 1. The van der Waals surface area contributed by atoms with E-state index in [2.05, 4.69) is 0 Å². The standard InChI is InChI=1S/C22H27N3O4S.ClH/c1-3-25(4-2)22(27)20(16-18-11-8-12-19(23)15-18)21(26)24-30(28,29)14-13-17-9-6-5-7-10-17;/h5-15,20H,3-4,16,23H2,1-2H3,(H,24,26);1H. The van der Waals surface area contributed by atoms with Crippen LogP contribution in [-0.2, 0) is 26.0 Å². The molecule has 0 bridgehead atoms. The average molecular weight is 466 g/mol. The van der Waals surface area contributed by atoms with Crippen LogP contribution in [0.3, 0.4) is 0 Å². The lowest BCUT2D eigenvalue weighted by molar-refractivity contribution is -0.141. The number of rotatable bonds is 9. The Morgan fingerprint density at radius 2 is 1.71 bits per heavy atom. The first-order valence-corrected chi connectivity index (χ1v) is 11.2. The molecule has 9 heteroatoms. The van der Waals surface area contributed by atoms with Crippen LogP contribution in [0.4, 0.5) is 5.69 Å². The van der Waals surface area contributed by atoms with Gasteiger partial charge in [0.15, 0.2) is 0 Å². The molecule has 0 aromatic heterocycles. The molecule has 2 aromatic carbocycles. The predicted octanol–water partition coefficient (Wildman–Crippen LogP) is 2.83. The summed E-state index contributed by atoms with van der Waals surface area (Å²) in [4.78, 5) is 27.3. The molecular weight excluding hydrogens is 438 g/mol. The van der Waals surface area contributed by atoms with Crippen molar-refractivity contribution in [2.24, 2.45) is 5.92 Å². The Labute approximate surface area is 189 Å². The minimum Gasteiger partial charge on any atom is -0.399 e. The number of amides is 2. The second-order valence-electron chi connectivity index (χ2n) is 6.74. The molecule has 2 rings (SSSR count). The largest absolute Gasteiger partial charge is 0.399 e. The van der Waals surface area contributed by atoms with Gasteiger partial charge in [-0.25, -0.2) is 13.1 Å². The first-order valence-electron chi connectivity index (χ1n) is 9.68. The molecule has 7 nitrogen and oxygen atoms in total. The SMILES string of the molecule is CCN(CC)C(=O)C(Cc1cccc(N)c1)C(=O)NS(=O)(=O)C=Cc1ccccc1.Cl. The number of nitrogen functional groups attached to an aromatic ring is 1. The summed E-state index contributed by atoms with van der Waals surface area (Å²) in [6, 6.07) is 15.7. The van der Waals surface area contributed by atoms with Crippen molar-refractivity contribution < 1.29 is 18.0 Å². The maximum Gasteiger partial charge on any atom is 0.257 e. The molecule has 3 N–H and O–H groups in total. The van der Waals surface area contributed by atoms with E-state index in [1.54, 1.807) is 62.4 Å². The molecule has 0 fully saturated rings. The van der Waals surface area contributed by atoms with E-state index in [-0.39, 0.29) is 18.8 Å². The number of hydrogen-bond acceptors (Lipinski definition) is 5. The molecule has 0 aliphatic rings. The summed E-state index contributed by atoms with van der Waals surface area (Å²) >= 11 is 0. The molecule has 168 valence electrons. The summed E-state index contributed by atoms with van der Waals surface area (Å²) in [5.74, 6) is -2.49. The maximum absolute atomic E-state index is 12.9. The van der Waals surface area contributed by atoms with Crippen molar-refractivity contribution in [1.82, 2.24) is 9.62 Å². The molecule has 0 spiro atoms. The minimum absolute atomic E-state index is 0. The highest BCUT2D eigenvalue weighted by Gasteiger charge is 2.32. The van der Waals surface area contributed by atoms with E-state index < -0.39 is 27.8 Å². The summed E-state index contributed by atoms with van der Waals surface area (Å²) in [5, 5.41) is 0.916. The number of nitrogens with zero attached hydrogens (tertiary/aromatic N) is 1. The summed E-state index contributed by atoms with van der Waals surface area (Å²) < 4.78 is 26.8. The highest BCUT2D eigenvalue weighted by molar-refractivity contribution is 7.93. The van der Waals surface area contributed by atoms with Crippen LogP contribution in [0.5, 0.6) is 0 Å². The first-order chi connectivity index (χ1) is 14.3. The number of nitrogens with two attached hydrogens (primary N) is 1. The Morgan fingerprint density at radius 1 is 1.06 bits per heavy atom. The first kappa shape index (κ1) is 26.2. The van der Waals surface area contributed by atoms with E-state index in [1.807, 2.05) is 10.8 Å². The summed E-state index contributed by atoms with van der Waals surface area (Å²) in [7, 11) is -4.07. The van der Waals surface area contributed by atoms with Gasteiger partial charge < -0.3 is 10.6 Å². The topological polar surface area (TPSA) is 110 Å². The van der Waals surface area contributed by atoms with Gasteiger partial charge in [0.05, 0.1) is 5.41 Å². The quantitative estimate of drug-likeness (QED) is 0.437. The summed E-state index contributed by atoms with van der Waals surface area (Å²) in [6.07, 6.45) is 1.43. The third-order valence-electron chi connectivity index (χ3n) is 4.56. The maximum atomic E-state index is 12.9. The summed E-state index contributed by atoms with van der Waals surface area (Å²) in [6.45, 7) is 4.43. The minimum atomic E-state index is -4.07. The van der Waals surface area contributed by atoms with Crippen LogP contribution in [0, 0.1) is 5.92 Å². The number of anilines is 1. The Bertz CT molecular complexity index is 1010.